The summed E-state index contributed by atoms with van der Waals surface area (Å²) in [7, 11) is 0. The van der Waals surface area contributed by atoms with Crippen LogP contribution in [-0.4, -0.2) is 4.92 Å². The second kappa shape index (κ2) is 5.82. The Morgan fingerprint density at radius 1 is 1.10 bits per heavy atom. The number of halogens is 3. The van der Waals surface area contributed by atoms with E-state index in [0.29, 0.717) is 0 Å². The Kier molecular flexibility index (Phi) is 4.11. The van der Waals surface area contributed by atoms with Gasteiger partial charge in [0.1, 0.15) is 11.6 Å². The zero-order valence-electron chi connectivity index (χ0n) is 10.9. The molecule has 2 aromatic carbocycles. The molecule has 0 spiro atoms. The van der Waals surface area contributed by atoms with Crippen molar-refractivity contribution in [3.8, 4) is 0 Å². The first kappa shape index (κ1) is 14.8. The van der Waals surface area contributed by atoms with Gasteiger partial charge in [0, 0.05) is 23.4 Å². The molecule has 0 fully saturated rings. The number of hydrogen-bond donors (Lipinski definition) is 1. The molecule has 1 N–H and O–H groups in total. The minimum absolute atomic E-state index is 0.0776. The Bertz CT molecular complexity index is 692. The van der Waals surface area contributed by atoms with Crippen LogP contribution in [0, 0.1) is 27.6 Å². The van der Waals surface area contributed by atoms with Crippen molar-refractivity contribution in [1.82, 2.24) is 0 Å². The predicted molar refractivity (Wildman–Crippen MR) is 71.5 cm³/mol. The van der Waals surface area contributed by atoms with Crippen molar-refractivity contribution in [1.29, 1.82) is 0 Å². The number of rotatable bonds is 4. The third kappa shape index (κ3) is 3.31. The maximum atomic E-state index is 13.6. The molecule has 4 nitrogen and oxygen atoms in total. The van der Waals surface area contributed by atoms with Crippen LogP contribution in [-0.2, 0) is 0 Å². The maximum absolute atomic E-state index is 13.6. The lowest BCUT2D eigenvalue weighted by molar-refractivity contribution is -0.387. The molecule has 0 radical (unpaired) electrons. The first-order valence-electron chi connectivity index (χ1n) is 6.04. The largest absolute Gasteiger partial charge is 0.378 e. The van der Waals surface area contributed by atoms with Gasteiger partial charge in [-0.25, -0.2) is 8.78 Å². The molecular formula is C14H11F3N2O2. The molecule has 0 heterocycles. The van der Waals surface area contributed by atoms with Crippen LogP contribution < -0.4 is 5.32 Å². The van der Waals surface area contributed by atoms with Crippen molar-refractivity contribution in [2.24, 2.45) is 0 Å². The molecule has 7 heteroatoms. The van der Waals surface area contributed by atoms with E-state index < -0.39 is 34.1 Å². The average molecular weight is 296 g/mol. The van der Waals surface area contributed by atoms with Crippen LogP contribution in [0.4, 0.5) is 24.5 Å². The van der Waals surface area contributed by atoms with E-state index in [2.05, 4.69) is 5.32 Å². The van der Waals surface area contributed by atoms with Gasteiger partial charge in [-0.3, -0.25) is 10.1 Å². The van der Waals surface area contributed by atoms with Gasteiger partial charge in [-0.1, -0.05) is 0 Å². The van der Waals surface area contributed by atoms with E-state index in [0.717, 1.165) is 30.3 Å². The summed E-state index contributed by atoms with van der Waals surface area (Å²) >= 11 is 0. The number of nitrogens with zero attached hydrogens (tertiary/aromatic N) is 1. The highest BCUT2D eigenvalue weighted by molar-refractivity contribution is 5.51. The van der Waals surface area contributed by atoms with Gasteiger partial charge in [-0.15, -0.1) is 0 Å². The van der Waals surface area contributed by atoms with Crippen LogP contribution in [0.15, 0.2) is 36.4 Å². The van der Waals surface area contributed by atoms with E-state index in [1.54, 1.807) is 6.92 Å². The van der Waals surface area contributed by atoms with E-state index >= 15 is 0 Å². The van der Waals surface area contributed by atoms with Gasteiger partial charge in [0.05, 0.1) is 11.0 Å². The quantitative estimate of drug-likeness (QED) is 0.680. The third-order valence-electron chi connectivity index (χ3n) is 2.95. The number of hydrogen-bond acceptors (Lipinski definition) is 3. The molecule has 21 heavy (non-hydrogen) atoms. The number of benzene rings is 2. The van der Waals surface area contributed by atoms with Crippen molar-refractivity contribution in [2.45, 2.75) is 13.0 Å². The van der Waals surface area contributed by atoms with Crippen molar-refractivity contribution in [3.63, 3.8) is 0 Å². The third-order valence-corrected chi connectivity index (χ3v) is 2.95. The van der Waals surface area contributed by atoms with Crippen LogP contribution in [0.3, 0.4) is 0 Å². The van der Waals surface area contributed by atoms with Gasteiger partial charge in [0.2, 0.25) is 5.82 Å². The Morgan fingerprint density at radius 3 is 2.43 bits per heavy atom. The lowest BCUT2D eigenvalue weighted by Gasteiger charge is -2.16. The monoisotopic (exact) mass is 296 g/mol. The van der Waals surface area contributed by atoms with Crippen LogP contribution >= 0.6 is 0 Å². The van der Waals surface area contributed by atoms with E-state index in [1.165, 1.54) is 6.07 Å². The molecule has 0 saturated carbocycles. The maximum Gasteiger partial charge on any atom is 0.304 e. The van der Waals surface area contributed by atoms with Gasteiger partial charge in [-0.2, -0.15) is 4.39 Å². The number of anilines is 1. The minimum atomic E-state index is -1.00. The lowest BCUT2D eigenvalue weighted by Crippen LogP contribution is -2.09. The average Bonchev–Trinajstić information content (AvgIpc) is 2.41. The molecule has 0 aromatic heterocycles. The fraction of sp³-hybridized carbons (Fsp3) is 0.143. The lowest BCUT2D eigenvalue weighted by atomic mass is 10.1. The topological polar surface area (TPSA) is 55.2 Å². The Hall–Kier alpha value is -2.57. The summed E-state index contributed by atoms with van der Waals surface area (Å²) in [5, 5.41) is 13.3. The van der Waals surface area contributed by atoms with E-state index in [4.69, 9.17) is 0 Å². The summed E-state index contributed by atoms with van der Waals surface area (Å²) < 4.78 is 40.2. The normalized spacial score (nSPS) is 12.0. The molecule has 0 bridgehead atoms. The fourth-order valence-electron chi connectivity index (χ4n) is 1.92. The molecule has 2 rings (SSSR count). The zero-order valence-corrected chi connectivity index (χ0v) is 10.9. The van der Waals surface area contributed by atoms with Crippen molar-refractivity contribution in [2.75, 3.05) is 5.32 Å². The fourth-order valence-corrected chi connectivity index (χ4v) is 1.92. The summed E-state index contributed by atoms with van der Waals surface area (Å²) in [6.07, 6.45) is 0. The molecule has 2 aromatic rings. The Balaban J connectivity index is 2.23. The number of nitro groups is 1. The first-order valence-corrected chi connectivity index (χ1v) is 6.04. The van der Waals surface area contributed by atoms with Gasteiger partial charge >= 0.3 is 5.69 Å². The second-order valence-electron chi connectivity index (χ2n) is 4.46. The second-order valence-corrected chi connectivity index (χ2v) is 4.46. The smallest absolute Gasteiger partial charge is 0.304 e. The molecule has 0 saturated heterocycles. The summed E-state index contributed by atoms with van der Waals surface area (Å²) in [5.74, 6) is -2.19. The molecule has 110 valence electrons. The predicted octanol–water partition coefficient (Wildman–Crippen LogP) is 4.19. The van der Waals surface area contributed by atoms with Crippen molar-refractivity contribution < 1.29 is 18.1 Å². The zero-order chi connectivity index (χ0) is 15.6. The molecule has 0 amide bonds. The van der Waals surface area contributed by atoms with E-state index in [-0.39, 0.29) is 11.3 Å². The molecule has 1 atom stereocenters. The molecule has 0 aliphatic carbocycles. The SMILES string of the molecule is CC(Nc1ccc([N+](=O)[O-])c(F)c1)c1cc(F)ccc1F. The standard InChI is InChI=1S/C14H11F3N2O2/c1-8(11-6-9(15)2-4-12(11)16)18-10-3-5-14(19(20)21)13(17)7-10/h2-8,18H,1H3. The molecule has 0 aliphatic rings. The van der Waals surface area contributed by atoms with Crippen LogP contribution in [0.5, 0.6) is 0 Å². The first-order chi connectivity index (χ1) is 9.88. The molecular weight excluding hydrogens is 285 g/mol. The van der Waals surface area contributed by atoms with Crippen LogP contribution in [0.25, 0.3) is 0 Å². The highest BCUT2D eigenvalue weighted by Crippen LogP contribution is 2.26. The van der Waals surface area contributed by atoms with Crippen LogP contribution in [0.2, 0.25) is 0 Å². The number of nitrogens with one attached hydrogen (secondary N) is 1. The Morgan fingerprint density at radius 2 is 1.81 bits per heavy atom. The van der Waals surface area contributed by atoms with Crippen LogP contribution in [0.1, 0.15) is 18.5 Å². The highest BCUT2D eigenvalue weighted by atomic mass is 19.1. The molecule has 0 aliphatic heterocycles. The van der Waals surface area contributed by atoms with E-state index in [9.17, 15) is 23.3 Å². The van der Waals surface area contributed by atoms with Gasteiger partial charge in [-0.05, 0) is 31.2 Å². The van der Waals surface area contributed by atoms with Gasteiger partial charge in [0.25, 0.3) is 0 Å². The summed E-state index contributed by atoms with van der Waals surface area (Å²) in [5.41, 5.74) is -0.340. The summed E-state index contributed by atoms with van der Waals surface area (Å²) in [6, 6.07) is 5.64. The van der Waals surface area contributed by atoms with Crippen molar-refractivity contribution >= 4 is 11.4 Å². The summed E-state index contributed by atoms with van der Waals surface area (Å²) in [4.78, 5) is 9.67. The molecule has 1 unspecified atom stereocenters. The van der Waals surface area contributed by atoms with Gasteiger partial charge < -0.3 is 5.32 Å². The Labute approximate surface area is 118 Å². The summed E-state index contributed by atoms with van der Waals surface area (Å²) in [6.45, 7) is 1.57. The minimum Gasteiger partial charge on any atom is -0.378 e. The van der Waals surface area contributed by atoms with Gasteiger partial charge in [0.15, 0.2) is 0 Å². The number of nitro benzene ring substituents is 1. The van der Waals surface area contributed by atoms with Crippen molar-refractivity contribution in [3.05, 3.63) is 69.5 Å². The highest BCUT2D eigenvalue weighted by Gasteiger charge is 2.16. The van der Waals surface area contributed by atoms with E-state index in [1.807, 2.05) is 0 Å².